The fourth-order valence-electron chi connectivity index (χ4n) is 3.72. The minimum absolute atomic E-state index is 0.00105. The van der Waals surface area contributed by atoms with Crippen molar-refractivity contribution >= 4 is 6.08 Å². The van der Waals surface area contributed by atoms with E-state index in [1.54, 1.807) is 0 Å². The maximum absolute atomic E-state index is 9.50. The van der Waals surface area contributed by atoms with Crippen LogP contribution in [0.1, 0.15) is 40.0 Å². The molecular weight excluding hydrogens is 356 g/mol. The van der Waals surface area contributed by atoms with Gasteiger partial charge < -0.3 is 9.52 Å². The third-order valence-electron chi connectivity index (χ3n) is 5.14. The van der Waals surface area contributed by atoms with Gasteiger partial charge in [0.2, 0.25) is 0 Å². The van der Waals surface area contributed by atoms with Crippen molar-refractivity contribution in [2.24, 2.45) is 0 Å². The summed E-state index contributed by atoms with van der Waals surface area (Å²) in [5, 5.41) is 9.50. The third-order valence-corrected chi connectivity index (χ3v) is 5.14. The molecule has 2 nitrogen and oxygen atoms in total. The van der Waals surface area contributed by atoms with E-state index >= 15 is 0 Å². The van der Waals surface area contributed by atoms with Crippen molar-refractivity contribution in [2.45, 2.75) is 18.4 Å². The largest absolute Gasteiger partial charge is 0.463 e. The summed E-state index contributed by atoms with van der Waals surface area (Å²) in [5.41, 5.74) is 3.56. The van der Waals surface area contributed by atoms with Gasteiger partial charge in [-0.05, 0) is 28.8 Å². The van der Waals surface area contributed by atoms with E-state index in [1.807, 2.05) is 42.5 Å². The number of aliphatic hydroxyl groups excluding tert-OH is 1. The fourth-order valence-corrected chi connectivity index (χ4v) is 3.72. The Balaban J connectivity index is 1.82. The van der Waals surface area contributed by atoms with Gasteiger partial charge >= 0.3 is 0 Å². The van der Waals surface area contributed by atoms with Crippen LogP contribution < -0.4 is 0 Å². The zero-order valence-electron chi connectivity index (χ0n) is 16.2. The number of benzene rings is 3. The fraction of sp³-hybridized carbons (Fsp3) is 0.111. The first-order valence-electron chi connectivity index (χ1n) is 9.88. The van der Waals surface area contributed by atoms with Gasteiger partial charge in [-0.15, -0.1) is 0 Å². The quantitative estimate of drug-likeness (QED) is 0.402. The van der Waals surface area contributed by atoms with Crippen LogP contribution in [-0.2, 0) is 6.61 Å². The molecule has 29 heavy (non-hydrogen) atoms. The highest BCUT2D eigenvalue weighted by molar-refractivity contribution is 5.52. The summed E-state index contributed by atoms with van der Waals surface area (Å²) in [4.78, 5) is 0. The van der Waals surface area contributed by atoms with Gasteiger partial charge in [0.25, 0.3) is 0 Å². The zero-order chi connectivity index (χ0) is 19.9. The summed E-state index contributed by atoms with van der Waals surface area (Å²) in [5.74, 6) is 1.52. The molecule has 0 aliphatic carbocycles. The van der Waals surface area contributed by atoms with Crippen molar-refractivity contribution < 1.29 is 9.52 Å². The molecule has 1 aromatic heterocycles. The predicted octanol–water partition coefficient (Wildman–Crippen LogP) is 6.40. The van der Waals surface area contributed by atoms with Crippen LogP contribution in [0.15, 0.2) is 114 Å². The molecule has 3 aromatic carbocycles. The van der Waals surface area contributed by atoms with Crippen LogP contribution in [0.5, 0.6) is 0 Å². The molecule has 1 N–H and O–H groups in total. The molecule has 0 aliphatic rings. The van der Waals surface area contributed by atoms with E-state index in [2.05, 4.69) is 72.8 Å². The van der Waals surface area contributed by atoms with Crippen molar-refractivity contribution in [1.29, 1.82) is 0 Å². The van der Waals surface area contributed by atoms with Crippen LogP contribution in [0.4, 0.5) is 0 Å². The second kappa shape index (κ2) is 9.22. The van der Waals surface area contributed by atoms with Crippen LogP contribution in [-0.4, -0.2) is 5.11 Å². The Bertz CT molecular complexity index is 1030. The molecule has 0 amide bonds. The third kappa shape index (κ3) is 4.56. The van der Waals surface area contributed by atoms with E-state index < -0.39 is 0 Å². The molecule has 0 saturated heterocycles. The first-order valence-corrected chi connectivity index (χ1v) is 9.88. The van der Waals surface area contributed by atoms with Gasteiger partial charge in [-0.25, -0.2) is 0 Å². The molecule has 0 radical (unpaired) electrons. The average Bonchev–Trinajstić information content (AvgIpc) is 3.27. The maximum atomic E-state index is 9.50. The highest BCUT2D eigenvalue weighted by atomic mass is 16.4. The van der Waals surface area contributed by atoms with Gasteiger partial charge in [-0.2, -0.15) is 0 Å². The minimum Gasteiger partial charge on any atom is -0.463 e. The molecule has 4 aromatic rings. The number of aliphatic hydroxyl groups is 1. The van der Waals surface area contributed by atoms with Gasteiger partial charge in [-0.3, -0.25) is 0 Å². The molecule has 0 fully saturated rings. The number of furan rings is 1. The predicted molar refractivity (Wildman–Crippen MR) is 118 cm³/mol. The summed E-state index contributed by atoms with van der Waals surface area (Å²) in [7, 11) is 0. The summed E-state index contributed by atoms with van der Waals surface area (Å²) in [6, 6.07) is 35.1. The van der Waals surface area contributed by atoms with Crippen LogP contribution >= 0.6 is 0 Å². The second-order valence-electron chi connectivity index (χ2n) is 7.06. The van der Waals surface area contributed by atoms with Crippen LogP contribution in [0.3, 0.4) is 0 Å². The Morgan fingerprint density at radius 2 is 1.28 bits per heavy atom. The van der Waals surface area contributed by atoms with Crippen molar-refractivity contribution in [3.8, 4) is 0 Å². The van der Waals surface area contributed by atoms with Crippen molar-refractivity contribution in [3.05, 3.63) is 137 Å². The van der Waals surface area contributed by atoms with Crippen LogP contribution in [0.2, 0.25) is 0 Å². The lowest BCUT2D eigenvalue weighted by Gasteiger charge is -2.24. The summed E-state index contributed by atoms with van der Waals surface area (Å²) in [6.45, 7) is -0.0998. The second-order valence-corrected chi connectivity index (χ2v) is 7.06. The van der Waals surface area contributed by atoms with E-state index in [1.165, 1.54) is 11.1 Å². The Labute approximate surface area is 171 Å². The monoisotopic (exact) mass is 380 g/mol. The number of allylic oxidation sites excluding steroid dienone is 1. The van der Waals surface area contributed by atoms with Crippen LogP contribution in [0.25, 0.3) is 6.08 Å². The summed E-state index contributed by atoms with van der Waals surface area (Å²) in [6.07, 6.45) is 4.42. The molecule has 2 atom stereocenters. The first-order chi connectivity index (χ1) is 14.3. The Morgan fingerprint density at radius 1 is 0.690 bits per heavy atom. The molecular formula is C27H24O2. The molecule has 0 bridgehead atoms. The summed E-state index contributed by atoms with van der Waals surface area (Å²) < 4.78 is 6.02. The molecule has 0 aliphatic heterocycles. The van der Waals surface area contributed by atoms with E-state index in [0.717, 1.165) is 11.3 Å². The van der Waals surface area contributed by atoms with Crippen molar-refractivity contribution in [1.82, 2.24) is 0 Å². The standard InChI is InChI=1S/C27H24O2/c28-20-24-17-19-26(29-24)27(23-14-8-3-9-15-23)25(22-12-6-2-7-13-22)18-16-21-10-4-1-5-11-21/h1-19,25,27-28H,20H2/b18-16+/t25-,27+/m0/s1. The Kier molecular flexibility index (Phi) is 6.04. The molecule has 2 heteroatoms. The summed E-state index contributed by atoms with van der Waals surface area (Å²) >= 11 is 0. The smallest absolute Gasteiger partial charge is 0.129 e. The SMILES string of the molecule is OCc1ccc([C@H](c2ccccc2)[C@@H](/C=C/c2ccccc2)c2ccccc2)o1. The van der Waals surface area contributed by atoms with Gasteiger partial charge in [0.05, 0.1) is 5.92 Å². The van der Waals surface area contributed by atoms with E-state index in [9.17, 15) is 5.11 Å². The van der Waals surface area contributed by atoms with Crippen molar-refractivity contribution in [2.75, 3.05) is 0 Å². The van der Waals surface area contributed by atoms with Crippen LogP contribution in [0, 0.1) is 0 Å². The molecule has 4 rings (SSSR count). The molecule has 144 valence electrons. The number of hydrogen-bond acceptors (Lipinski definition) is 2. The topological polar surface area (TPSA) is 33.4 Å². The minimum atomic E-state index is -0.0998. The highest BCUT2D eigenvalue weighted by Crippen LogP contribution is 2.40. The molecule has 1 heterocycles. The molecule has 0 spiro atoms. The number of hydrogen-bond donors (Lipinski definition) is 1. The van der Waals surface area contributed by atoms with Gasteiger partial charge in [0.1, 0.15) is 18.1 Å². The van der Waals surface area contributed by atoms with Gasteiger partial charge in [0, 0.05) is 5.92 Å². The normalized spacial score (nSPS) is 13.4. The van der Waals surface area contributed by atoms with E-state index in [-0.39, 0.29) is 18.4 Å². The van der Waals surface area contributed by atoms with E-state index in [4.69, 9.17) is 4.42 Å². The lowest BCUT2D eigenvalue weighted by Crippen LogP contribution is -2.11. The average molecular weight is 380 g/mol. The Hall–Kier alpha value is -3.36. The maximum Gasteiger partial charge on any atom is 0.129 e. The number of rotatable bonds is 7. The molecule has 0 unspecified atom stereocenters. The van der Waals surface area contributed by atoms with E-state index in [0.29, 0.717) is 5.76 Å². The lowest BCUT2D eigenvalue weighted by molar-refractivity contribution is 0.242. The van der Waals surface area contributed by atoms with Gasteiger partial charge in [-0.1, -0.05) is 103 Å². The Morgan fingerprint density at radius 3 is 1.86 bits per heavy atom. The highest BCUT2D eigenvalue weighted by Gasteiger charge is 2.27. The van der Waals surface area contributed by atoms with Gasteiger partial charge in [0.15, 0.2) is 0 Å². The first kappa shape index (κ1) is 19.0. The lowest BCUT2D eigenvalue weighted by atomic mass is 9.79. The zero-order valence-corrected chi connectivity index (χ0v) is 16.2. The molecule has 0 saturated carbocycles. The van der Waals surface area contributed by atoms with Crippen molar-refractivity contribution in [3.63, 3.8) is 0 Å².